The molecule has 0 unspecified atom stereocenters. The molecule has 6 aromatic carbocycles. The maximum absolute atomic E-state index is 4.87. The van der Waals surface area contributed by atoms with Crippen molar-refractivity contribution in [3.63, 3.8) is 0 Å². The Labute approximate surface area is 296 Å². The van der Waals surface area contributed by atoms with Gasteiger partial charge in [0.15, 0.2) is 0 Å². The van der Waals surface area contributed by atoms with Gasteiger partial charge in [-0.25, -0.2) is 9.97 Å². The molecule has 0 spiro atoms. The van der Waals surface area contributed by atoms with Crippen molar-refractivity contribution in [1.82, 2.24) is 19.9 Å². The van der Waals surface area contributed by atoms with Crippen molar-refractivity contribution < 1.29 is 0 Å². The van der Waals surface area contributed by atoms with E-state index < -0.39 is 0 Å². The number of benzene rings is 6. The van der Waals surface area contributed by atoms with E-state index in [2.05, 4.69) is 131 Å². The normalized spacial score (nSPS) is 11.6. The Kier molecular flexibility index (Phi) is 6.82. The van der Waals surface area contributed by atoms with Gasteiger partial charge in [0.05, 0.1) is 11.4 Å². The summed E-state index contributed by atoms with van der Waals surface area (Å²) in [6.07, 6.45) is 7.65. The fraction of sp³-hybridized carbons (Fsp3) is 0. The predicted molar refractivity (Wildman–Crippen MR) is 211 cm³/mol. The summed E-state index contributed by atoms with van der Waals surface area (Å²) in [4.78, 5) is 18.7. The van der Waals surface area contributed by atoms with Crippen molar-refractivity contribution in [3.8, 4) is 54.8 Å². The highest BCUT2D eigenvalue weighted by Crippen LogP contribution is 2.50. The molecule has 0 atom stereocenters. The lowest BCUT2D eigenvalue weighted by molar-refractivity contribution is 1.29. The fourth-order valence-corrected chi connectivity index (χ4v) is 8.68. The minimum Gasteiger partial charge on any atom is -0.253 e. The second kappa shape index (κ2) is 11.8. The lowest BCUT2D eigenvalue weighted by atomic mass is 9.81. The van der Waals surface area contributed by atoms with Gasteiger partial charge in [0.2, 0.25) is 0 Å². The summed E-state index contributed by atoms with van der Waals surface area (Å²) in [5, 5.41) is 15.5. The Hall–Kier alpha value is -6.08. The highest BCUT2D eigenvalue weighted by molar-refractivity contribution is 7.13. The minimum atomic E-state index is 0.889. The summed E-state index contributed by atoms with van der Waals surface area (Å²) in [5.74, 6) is 0. The zero-order chi connectivity index (χ0) is 33.0. The van der Waals surface area contributed by atoms with Crippen LogP contribution in [0.1, 0.15) is 0 Å². The lowest BCUT2D eigenvalue weighted by Gasteiger charge is -2.22. The van der Waals surface area contributed by atoms with Crippen LogP contribution in [-0.4, -0.2) is 19.9 Å². The van der Waals surface area contributed by atoms with E-state index in [0.717, 1.165) is 32.5 Å². The number of fused-ring (bicyclic) bond motifs is 4. The fourth-order valence-electron chi connectivity index (χ4n) is 7.45. The van der Waals surface area contributed by atoms with Gasteiger partial charge in [0, 0.05) is 46.7 Å². The number of aromatic nitrogens is 4. The topological polar surface area (TPSA) is 51.6 Å². The van der Waals surface area contributed by atoms with Crippen molar-refractivity contribution in [2.75, 3.05) is 0 Å². The molecule has 4 heterocycles. The molecule has 0 saturated carbocycles. The summed E-state index contributed by atoms with van der Waals surface area (Å²) in [6.45, 7) is 0. The van der Waals surface area contributed by atoms with E-state index in [1.54, 1.807) is 22.7 Å². The molecule has 0 bridgehead atoms. The number of pyridine rings is 2. The molecule has 0 radical (unpaired) electrons. The van der Waals surface area contributed by atoms with Crippen molar-refractivity contribution in [2.24, 2.45) is 0 Å². The molecule has 4 nitrogen and oxygen atoms in total. The first kappa shape index (κ1) is 28.9. The standard InChI is InChI=1S/C44H26N4S2/c1-5-13-33-29(9-1)39(27-17-19-37(47-25-27)43-45-21-23-49-43)30-10-2-6-14-34(30)41(33)42-35-15-7-3-11-31(35)40(32-12-4-8-16-36(32)42)28-18-20-38(48-26-28)44-46-22-24-50-44/h1-26H. The minimum absolute atomic E-state index is 0.889. The molecule has 0 aliphatic rings. The molecule has 0 aliphatic heterocycles. The summed E-state index contributed by atoms with van der Waals surface area (Å²) >= 11 is 3.21. The Morgan fingerprint density at radius 1 is 0.320 bits per heavy atom. The number of rotatable bonds is 5. The summed E-state index contributed by atoms with van der Waals surface area (Å²) in [6, 6.07) is 43.8. The number of thiazole rings is 2. The Balaban J connectivity index is 1.27. The van der Waals surface area contributed by atoms with E-state index in [1.165, 1.54) is 65.3 Å². The van der Waals surface area contributed by atoms with Crippen LogP contribution in [0.4, 0.5) is 0 Å². The molecule has 0 saturated heterocycles. The average Bonchev–Trinajstić information content (AvgIpc) is 3.93. The Morgan fingerprint density at radius 2 is 0.640 bits per heavy atom. The van der Waals surface area contributed by atoms with E-state index >= 15 is 0 Å². The molecule has 10 rings (SSSR count). The van der Waals surface area contributed by atoms with Crippen molar-refractivity contribution >= 4 is 65.8 Å². The summed E-state index contributed by atoms with van der Waals surface area (Å²) in [5.41, 5.74) is 8.81. The van der Waals surface area contributed by atoms with Crippen LogP contribution in [0.5, 0.6) is 0 Å². The maximum atomic E-state index is 4.87. The molecule has 6 heteroatoms. The van der Waals surface area contributed by atoms with Crippen LogP contribution in [0.3, 0.4) is 0 Å². The van der Waals surface area contributed by atoms with Crippen molar-refractivity contribution in [3.05, 3.63) is 157 Å². The first-order chi connectivity index (χ1) is 24.8. The first-order valence-corrected chi connectivity index (χ1v) is 18.2. The average molecular weight is 675 g/mol. The van der Waals surface area contributed by atoms with Gasteiger partial charge < -0.3 is 0 Å². The van der Waals surface area contributed by atoms with Crippen LogP contribution in [0.15, 0.2) is 157 Å². The van der Waals surface area contributed by atoms with Crippen molar-refractivity contribution in [2.45, 2.75) is 0 Å². The molecule has 0 aliphatic carbocycles. The molecular formula is C44H26N4S2. The molecule has 0 fully saturated rings. The van der Waals surface area contributed by atoms with Crippen LogP contribution in [0.2, 0.25) is 0 Å². The Morgan fingerprint density at radius 3 is 0.900 bits per heavy atom. The highest BCUT2D eigenvalue weighted by Gasteiger charge is 2.22. The highest BCUT2D eigenvalue weighted by atomic mass is 32.1. The van der Waals surface area contributed by atoms with E-state index in [-0.39, 0.29) is 0 Å². The van der Waals surface area contributed by atoms with E-state index in [0.29, 0.717) is 0 Å². The van der Waals surface area contributed by atoms with Gasteiger partial charge in [0.25, 0.3) is 0 Å². The zero-order valence-electron chi connectivity index (χ0n) is 26.6. The first-order valence-electron chi connectivity index (χ1n) is 16.4. The molecule has 0 amide bonds. The number of hydrogen-bond acceptors (Lipinski definition) is 6. The smallest absolute Gasteiger partial charge is 0.141 e. The van der Waals surface area contributed by atoms with E-state index in [4.69, 9.17) is 9.97 Å². The lowest BCUT2D eigenvalue weighted by Crippen LogP contribution is -1.95. The van der Waals surface area contributed by atoms with Crippen LogP contribution >= 0.6 is 22.7 Å². The molecule has 4 aromatic heterocycles. The van der Waals surface area contributed by atoms with Gasteiger partial charge >= 0.3 is 0 Å². The SMILES string of the molecule is c1ccc2c(-c3c4ccccc4c(-c4ccc(-c5nccs5)nc4)c4ccccc34)c3ccccc3c(-c3ccc(-c4nccs4)nc3)c2c1. The van der Waals surface area contributed by atoms with E-state index in [1.807, 2.05) is 35.5 Å². The van der Waals surface area contributed by atoms with Crippen LogP contribution in [0.25, 0.3) is 97.9 Å². The van der Waals surface area contributed by atoms with Crippen LogP contribution in [-0.2, 0) is 0 Å². The third-order valence-corrected chi connectivity index (χ3v) is 11.1. The molecular weight excluding hydrogens is 649 g/mol. The van der Waals surface area contributed by atoms with Gasteiger partial charge in [-0.15, -0.1) is 22.7 Å². The summed E-state index contributed by atoms with van der Waals surface area (Å²) < 4.78 is 0. The second-order valence-electron chi connectivity index (χ2n) is 12.2. The van der Waals surface area contributed by atoms with Crippen LogP contribution < -0.4 is 0 Å². The van der Waals surface area contributed by atoms with E-state index in [9.17, 15) is 0 Å². The second-order valence-corrected chi connectivity index (χ2v) is 14.0. The third kappa shape index (κ3) is 4.57. The van der Waals surface area contributed by atoms with Crippen LogP contribution in [0, 0.1) is 0 Å². The molecule has 10 aromatic rings. The predicted octanol–water partition coefficient (Wildman–Crippen LogP) is 12.3. The summed E-state index contributed by atoms with van der Waals surface area (Å²) in [7, 11) is 0. The number of hydrogen-bond donors (Lipinski definition) is 0. The van der Waals surface area contributed by atoms with Gasteiger partial charge in [-0.1, -0.05) is 109 Å². The monoisotopic (exact) mass is 674 g/mol. The van der Waals surface area contributed by atoms with Crippen molar-refractivity contribution in [1.29, 1.82) is 0 Å². The molecule has 50 heavy (non-hydrogen) atoms. The van der Waals surface area contributed by atoms with Gasteiger partial charge in [-0.3, -0.25) is 9.97 Å². The Bertz CT molecular complexity index is 2530. The quantitative estimate of drug-likeness (QED) is 0.171. The number of nitrogens with zero attached hydrogens (tertiary/aromatic N) is 4. The zero-order valence-corrected chi connectivity index (χ0v) is 28.2. The van der Waals surface area contributed by atoms with Gasteiger partial charge in [-0.05, 0) is 77.5 Å². The molecule has 234 valence electrons. The van der Waals surface area contributed by atoms with Gasteiger partial charge in [-0.2, -0.15) is 0 Å². The maximum Gasteiger partial charge on any atom is 0.141 e. The largest absolute Gasteiger partial charge is 0.253 e. The van der Waals surface area contributed by atoms with Gasteiger partial charge in [0.1, 0.15) is 10.0 Å². The molecule has 0 N–H and O–H groups in total. The third-order valence-electron chi connectivity index (χ3n) is 9.52.